The number of sulfonamides is 1. The average Bonchev–Trinajstić information content (AvgIpc) is 3.07. The van der Waals surface area contributed by atoms with Crippen LogP contribution >= 0.6 is 0 Å². The number of benzene rings is 1. The predicted octanol–water partition coefficient (Wildman–Crippen LogP) is 4.31. The molecule has 0 spiro atoms. The predicted molar refractivity (Wildman–Crippen MR) is 119 cm³/mol. The third-order valence-electron chi connectivity index (χ3n) is 5.77. The highest BCUT2D eigenvalue weighted by atomic mass is 32.2. The van der Waals surface area contributed by atoms with Gasteiger partial charge in [0.05, 0.1) is 10.5 Å². The number of aryl methyl sites for hydroxylation is 2. The molecule has 2 aromatic rings. The molecule has 168 valence electrons. The van der Waals surface area contributed by atoms with Gasteiger partial charge < -0.3 is 9.73 Å². The fourth-order valence-electron chi connectivity index (χ4n) is 4.18. The minimum atomic E-state index is -3.58. The van der Waals surface area contributed by atoms with E-state index in [1.165, 1.54) is 19.1 Å². The smallest absolute Gasteiger partial charge is 0.243 e. The Kier molecular flexibility index (Phi) is 7.01. The van der Waals surface area contributed by atoms with Gasteiger partial charge in [0.2, 0.25) is 15.9 Å². The van der Waals surface area contributed by atoms with Crippen LogP contribution in [-0.2, 0) is 21.2 Å². The topological polar surface area (TPSA) is 96.7 Å². The number of hydrogen-bond donors (Lipinski definition) is 1. The number of nitrogens with zero attached hydrogens (tertiary/aromatic N) is 1. The van der Waals surface area contributed by atoms with Crippen molar-refractivity contribution in [2.75, 3.05) is 5.32 Å². The van der Waals surface area contributed by atoms with Gasteiger partial charge in [0.15, 0.2) is 5.78 Å². The highest BCUT2D eigenvalue weighted by Crippen LogP contribution is 2.30. The first-order valence-electron chi connectivity index (χ1n) is 10.6. The number of ketones is 1. The van der Waals surface area contributed by atoms with Crippen molar-refractivity contribution < 1.29 is 22.4 Å². The number of nitrogens with one attached hydrogen (secondary N) is 1. The van der Waals surface area contributed by atoms with E-state index in [0.29, 0.717) is 29.2 Å². The quantitative estimate of drug-likeness (QED) is 0.639. The summed E-state index contributed by atoms with van der Waals surface area (Å²) in [6.45, 7) is 7.09. The molecule has 2 heterocycles. The molecule has 0 bridgehead atoms. The van der Waals surface area contributed by atoms with Crippen LogP contribution < -0.4 is 5.32 Å². The van der Waals surface area contributed by atoms with Gasteiger partial charge in [-0.15, -0.1) is 0 Å². The summed E-state index contributed by atoms with van der Waals surface area (Å²) in [5.74, 6) is 0.855. The zero-order chi connectivity index (χ0) is 22.8. The van der Waals surface area contributed by atoms with E-state index >= 15 is 0 Å². The number of Topliss-reactive ketones (excluding diaryl/α,β-unsaturated/α-hetero) is 1. The lowest BCUT2D eigenvalue weighted by atomic mass is 10.0. The second-order valence-corrected chi connectivity index (χ2v) is 10.1. The number of carbonyl (C=O) groups is 2. The van der Waals surface area contributed by atoms with Crippen LogP contribution in [0.3, 0.4) is 0 Å². The number of hydrogen-bond acceptors (Lipinski definition) is 5. The maximum absolute atomic E-state index is 13.1. The second-order valence-electron chi connectivity index (χ2n) is 8.28. The Morgan fingerprint density at radius 2 is 1.74 bits per heavy atom. The molecule has 0 aliphatic carbocycles. The van der Waals surface area contributed by atoms with E-state index in [0.717, 1.165) is 19.3 Å². The Morgan fingerprint density at radius 1 is 1.13 bits per heavy atom. The van der Waals surface area contributed by atoms with E-state index in [-0.39, 0.29) is 35.1 Å². The van der Waals surface area contributed by atoms with Gasteiger partial charge in [0.25, 0.3) is 0 Å². The summed E-state index contributed by atoms with van der Waals surface area (Å²) in [6.07, 6.45) is 3.32. The maximum Gasteiger partial charge on any atom is 0.243 e. The molecule has 2 atom stereocenters. The average molecular weight is 447 g/mol. The summed E-state index contributed by atoms with van der Waals surface area (Å²) in [7, 11) is -3.58. The monoisotopic (exact) mass is 446 g/mol. The van der Waals surface area contributed by atoms with E-state index in [9.17, 15) is 18.0 Å². The van der Waals surface area contributed by atoms with Gasteiger partial charge in [-0.25, -0.2) is 8.42 Å². The molecule has 1 fully saturated rings. The van der Waals surface area contributed by atoms with Gasteiger partial charge in [0, 0.05) is 30.6 Å². The highest BCUT2D eigenvalue weighted by Gasteiger charge is 2.35. The van der Waals surface area contributed by atoms with E-state index < -0.39 is 10.0 Å². The summed E-state index contributed by atoms with van der Waals surface area (Å²) in [5.41, 5.74) is 1.06. The van der Waals surface area contributed by atoms with Crippen LogP contribution in [0.25, 0.3) is 0 Å². The van der Waals surface area contributed by atoms with Gasteiger partial charge in [-0.05, 0) is 70.9 Å². The normalized spacial score (nSPS) is 19.9. The third-order valence-corrected chi connectivity index (χ3v) is 7.92. The lowest BCUT2D eigenvalue weighted by Crippen LogP contribution is -2.47. The second kappa shape index (κ2) is 9.36. The van der Waals surface area contributed by atoms with Gasteiger partial charge in [-0.1, -0.05) is 6.42 Å². The minimum Gasteiger partial charge on any atom is -0.466 e. The molecule has 3 rings (SSSR count). The van der Waals surface area contributed by atoms with Crippen molar-refractivity contribution in [1.82, 2.24) is 4.31 Å². The standard InChI is InChI=1S/C23H30N2O5S/c1-15-6-5-7-16(2)25(15)31(28,29)21-11-8-19(9-12-21)24-23(27)13-10-20-14-22(17(3)26)18(4)30-20/h8-9,11-12,14-16H,5-7,10,13H2,1-4H3,(H,24,27). The number of piperidine rings is 1. The lowest BCUT2D eigenvalue weighted by molar-refractivity contribution is -0.116. The first-order chi connectivity index (χ1) is 14.6. The number of rotatable bonds is 7. The molecule has 1 N–H and O–H groups in total. The molecule has 1 saturated heterocycles. The number of anilines is 1. The first kappa shape index (κ1) is 23.2. The molecule has 2 unspecified atom stereocenters. The van der Waals surface area contributed by atoms with Crippen molar-refractivity contribution in [1.29, 1.82) is 0 Å². The summed E-state index contributed by atoms with van der Waals surface area (Å²) in [4.78, 5) is 24.0. The Labute approximate surface area is 183 Å². The van der Waals surface area contributed by atoms with Gasteiger partial charge >= 0.3 is 0 Å². The molecule has 1 amide bonds. The van der Waals surface area contributed by atoms with Gasteiger partial charge in [-0.2, -0.15) is 4.31 Å². The van der Waals surface area contributed by atoms with E-state index in [4.69, 9.17) is 4.42 Å². The largest absolute Gasteiger partial charge is 0.466 e. The number of amides is 1. The molecule has 1 aromatic carbocycles. The Morgan fingerprint density at radius 3 is 2.29 bits per heavy atom. The fourth-order valence-corrected chi connectivity index (χ4v) is 6.06. The molecule has 0 saturated carbocycles. The van der Waals surface area contributed by atoms with Crippen LogP contribution in [0.5, 0.6) is 0 Å². The zero-order valence-electron chi connectivity index (χ0n) is 18.5. The number of furan rings is 1. The van der Waals surface area contributed by atoms with E-state index in [1.54, 1.807) is 29.4 Å². The molecule has 7 nitrogen and oxygen atoms in total. The summed E-state index contributed by atoms with van der Waals surface area (Å²) >= 11 is 0. The van der Waals surface area contributed by atoms with Gasteiger partial charge in [-0.3, -0.25) is 9.59 Å². The van der Waals surface area contributed by atoms with Crippen LogP contribution in [-0.4, -0.2) is 36.5 Å². The molecule has 8 heteroatoms. The SMILES string of the molecule is CC(=O)c1cc(CCC(=O)Nc2ccc(S(=O)(=O)N3C(C)CCCC3C)cc2)oc1C. The molecule has 1 aromatic heterocycles. The Balaban J connectivity index is 1.61. The van der Waals surface area contributed by atoms with Crippen molar-refractivity contribution >= 4 is 27.4 Å². The highest BCUT2D eigenvalue weighted by molar-refractivity contribution is 7.89. The lowest BCUT2D eigenvalue weighted by Gasteiger charge is -2.37. The van der Waals surface area contributed by atoms with Crippen LogP contribution in [0.1, 0.15) is 68.3 Å². The Hall–Kier alpha value is -2.45. The first-order valence-corrected chi connectivity index (χ1v) is 12.1. The van der Waals surface area contributed by atoms with E-state index in [2.05, 4.69) is 5.32 Å². The van der Waals surface area contributed by atoms with E-state index in [1.807, 2.05) is 13.8 Å². The maximum atomic E-state index is 13.1. The molecular weight excluding hydrogens is 416 g/mol. The van der Waals surface area contributed by atoms with Crippen LogP contribution in [0.15, 0.2) is 39.6 Å². The molecule has 1 aliphatic heterocycles. The van der Waals surface area contributed by atoms with Gasteiger partial charge in [0.1, 0.15) is 11.5 Å². The summed E-state index contributed by atoms with van der Waals surface area (Å²) in [6, 6.07) is 7.91. The van der Waals surface area contributed by atoms with Crippen molar-refractivity contribution in [2.45, 2.75) is 76.8 Å². The van der Waals surface area contributed by atoms with Crippen LogP contribution in [0, 0.1) is 6.92 Å². The zero-order valence-corrected chi connectivity index (χ0v) is 19.3. The van der Waals surface area contributed by atoms with Crippen molar-refractivity contribution in [2.24, 2.45) is 0 Å². The van der Waals surface area contributed by atoms with Crippen LogP contribution in [0.2, 0.25) is 0 Å². The van der Waals surface area contributed by atoms with Crippen molar-refractivity contribution in [3.05, 3.63) is 47.4 Å². The van der Waals surface area contributed by atoms with Crippen LogP contribution in [0.4, 0.5) is 5.69 Å². The molecule has 31 heavy (non-hydrogen) atoms. The number of carbonyl (C=O) groups excluding carboxylic acids is 2. The molecule has 0 radical (unpaired) electrons. The van der Waals surface area contributed by atoms with Crippen molar-refractivity contribution in [3.63, 3.8) is 0 Å². The summed E-state index contributed by atoms with van der Waals surface area (Å²) in [5, 5.41) is 2.78. The fraction of sp³-hybridized carbons (Fsp3) is 0.478. The minimum absolute atomic E-state index is 0.0260. The molecular formula is C23H30N2O5S. The third kappa shape index (κ3) is 5.25. The summed E-state index contributed by atoms with van der Waals surface area (Å²) < 4.78 is 33.3. The van der Waals surface area contributed by atoms with Crippen molar-refractivity contribution in [3.8, 4) is 0 Å². The molecule has 1 aliphatic rings. The Bertz CT molecular complexity index is 1050.